The predicted octanol–water partition coefficient (Wildman–Crippen LogP) is 2.16. The van der Waals surface area contributed by atoms with Crippen molar-refractivity contribution in [3.05, 3.63) is 34.9 Å². The van der Waals surface area contributed by atoms with E-state index in [2.05, 4.69) is 0 Å². The minimum atomic E-state index is -3.18. The van der Waals surface area contributed by atoms with Crippen molar-refractivity contribution in [1.82, 2.24) is 0 Å². The highest BCUT2D eigenvalue weighted by Gasteiger charge is 2.47. The molecule has 1 aromatic carbocycles. The molecule has 2 rings (SSSR count). The minimum absolute atomic E-state index is 0.0417. The topological polar surface area (TPSA) is 26.0 Å². The quantitative estimate of drug-likeness (QED) is 0.645. The van der Waals surface area contributed by atoms with E-state index in [-0.39, 0.29) is 11.1 Å². The van der Waals surface area contributed by atoms with Gasteiger partial charge >= 0.3 is 0 Å². The second-order valence-electron chi connectivity index (χ2n) is 3.38. The Bertz CT molecular complexity index is 389. The second-order valence-corrected chi connectivity index (χ2v) is 3.38. The molecule has 0 saturated carbocycles. The number of alkyl halides is 2. The Labute approximate surface area is 77.5 Å². The molecule has 2 N–H and O–H groups in total. The molecule has 5 heteroatoms. The van der Waals surface area contributed by atoms with Crippen molar-refractivity contribution in [3.63, 3.8) is 0 Å². The summed E-state index contributed by atoms with van der Waals surface area (Å²) in [6.07, 6.45) is -0.696. The summed E-state index contributed by atoms with van der Waals surface area (Å²) in [5.41, 5.74) is 4.85. The summed E-state index contributed by atoms with van der Waals surface area (Å²) in [7, 11) is 0. The first-order valence-corrected chi connectivity index (χ1v) is 4.03. The molecule has 76 valence electrons. The third-order valence-electron chi connectivity index (χ3n) is 2.37. The largest absolute Gasteiger partial charge is 0.319 e. The van der Waals surface area contributed by atoms with E-state index in [0.717, 1.165) is 6.07 Å². The summed E-state index contributed by atoms with van der Waals surface area (Å²) in [6.45, 7) is 0. The third kappa shape index (κ3) is 1.19. The van der Waals surface area contributed by atoms with Gasteiger partial charge in [0, 0.05) is 18.1 Å². The third-order valence-corrected chi connectivity index (χ3v) is 2.37. The van der Waals surface area contributed by atoms with Crippen LogP contribution in [0.1, 0.15) is 17.2 Å². The Kier molecular flexibility index (Phi) is 1.82. The maximum Gasteiger partial charge on any atom is 0.271 e. The molecule has 0 radical (unpaired) electrons. The molecule has 1 aromatic rings. The van der Waals surface area contributed by atoms with Gasteiger partial charge in [0.05, 0.1) is 6.04 Å². The molecule has 1 atom stereocenters. The zero-order chi connectivity index (χ0) is 10.5. The smallest absolute Gasteiger partial charge is 0.271 e. The highest BCUT2D eigenvalue weighted by atomic mass is 19.3. The Morgan fingerprint density at radius 3 is 2.57 bits per heavy atom. The van der Waals surface area contributed by atoms with Gasteiger partial charge in [-0.3, -0.25) is 0 Å². The molecule has 0 aromatic heterocycles. The van der Waals surface area contributed by atoms with Crippen LogP contribution in [0.4, 0.5) is 17.6 Å². The maximum atomic E-state index is 13.1. The molecule has 0 saturated heterocycles. The van der Waals surface area contributed by atoms with Crippen LogP contribution in [0.25, 0.3) is 0 Å². The molecule has 0 heterocycles. The Morgan fingerprint density at radius 2 is 1.93 bits per heavy atom. The first-order chi connectivity index (χ1) is 6.42. The van der Waals surface area contributed by atoms with Crippen LogP contribution in [0.15, 0.2) is 12.1 Å². The van der Waals surface area contributed by atoms with Crippen LogP contribution >= 0.6 is 0 Å². The minimum Gasteiger partial charge on any atom is -0.319 e. The molecule has 0 bridgehead atoms. The molecule has 1 nitrogen and oxygen atoms in total. The lowest BCUT2D eigenvalue weighted by Gasteiger charge is -2.14. The summed E-state index contributed by atoms with van der Waals surface area (Å²) in [5.74, 6) is -5.03. The summed E-state index contributed by atoms with van der Waals surface area (Å²) < 4.78 is 51.8. The van der Waals surface area contributed by atoms with Crippen molar-refractivity contribution in [2.45, 2.75) is 18.4 Å². The molecule has 1 aliphatic carbocycles. The number of hydrogen-bond donors (Lipinski definition) is 1. The van der Waals surface area contributed by atoms with E-state index >= 15 is 0 Å². The van der Waals surface area contributed by atoms with Crippen molar-refractivity contribution in [1.29, 1.82) is 0 Å². The van der Waals surface area contributed by atoms with Crippen molar-refractivity contribution in [2.75, 3.05) is 0 Å². The molecule has 0 amide bonds. The van der Waals surface area contributed by atoms with Gasteiger partial charge in [0.15, 0.2) is 0 Å². The molecule has 0 fully saturated rings. The highest BCUT2D eigenvalue weighted by Crippen LogP contribution is 2.42. The van der Waals surface area contributed by atoms with E-state index in [1.807, 2.05) is 0 Å². The van der Waals surface area contributed by atoms with Crippen LogP contribution in [0.3, 0.4) is 0 Å². The Balaban J connectivity index is 2.59. The monoisotopic (exact) mass is 205 g/mol. The van der Waals surface area contributed by atoms with Gasteiger partial charge < -0.3 is 5.73 Å². The normalized spacial score (nSPS) is 23.6. The van der Waals surface area contributed by atoms with Gasteiger partial charge in [-0.1, -0.05) is 0 Å². The van der Waals surface area contributed by atoms with Crippen molar-refractivity contribution in [2.24, 2.45) is 5.73 Å². The van der Waals surface area contributed by atoms with Crippen LogP contribution in [0.5, 0.6) is 0 Å². The fourth-order valence-corrected chi connectivity index (χ4v) is 1.71. The number of hydrogen-bond acceptors (Lipinski definition) is 1. The summed E-state index contributed by atoms with van der Waals surface area (Å²) in [6, 6.07) is -0.197. The summed E-state index contributed by atoms with van der Waals surface area (Å²) in [4.78, 5) is 0. The molecule has 0 aliphatic heterocycles. The van der Waals surface area contributed by atoms with Crippen LogP contribution in [-0.4, -0.2) is 5.92 Å². The van der Waals surface area contributed by atoms with E-state index in [1.165, 1.54) is 0 Å². The molecule has 14 heavy (non-hydrogen) atoms. The number of benzene rings is 1. The fraction of sp³-hybridized carbons (Fsp3) is 0.333. The number of halogens is 4. The van der Waals surface area contributed by atoms with Gasteiger partial charge in [0.25, 0.3) is 5.92 Å². The number of fused-ring (bicyclic) bond motifs is 1. The van der Waals surface area contributed by atoms with Gasteiger partial charge in [-0.25, -0.2) is 17.6 Å². The van der Waals surface area contributed by atoms with Gasteiger partial charge in [-0.05, 0) is 11.6 Å². The van der Waals surface area contributed by atoms with Crippen molar-refractivity contribution >= 4 is 0 Å². The molecular formula is C9H7F4N. The van der Waals surface area contributed by atoms with E-state index in [9.17, 15) is 17.6 Å². The van der Waals surface area contributed by atoms with Gasteiger partial charge in [0.1, 0.15) is 11.6 Å². The average molecular weight is 205 g/mol. The zero-order valence-electron chi connectivity index (χ0n) is 7.03. The molecule has 1 aliphatic rings. The molecule has 0 spiro atoms. The van der Waals surface area contributed by atoms with Gasteiger partial charge in [0.2, 0.25) is 0 Å². The van der Waals surface area contributed by atoms with Gasteiger partial charge in [-0.2, -0.15) is 0 Å². The van der Waals surface area contributed by atoms with Crippen LogP contribution in [-0.2, 0) is 6.42 Å². The summed E-state index contributed by atoms with van der Waals surface area (Å²) >= 11 is 0. The lowest BCUT2D eigenvalue weighted by molar-refractivity contribution is -0.0140. The molecular weight excluding hydrogens is 198 g/mol. The van der Waals surface area contributed by atoms with Crippen LogP contribution < -0.4 is 5.73 Å². The van der Waals surface area contributed by atoms with E-state index in [1.54, 1.807) is 0 Å². The summed E-state index contributed by atoms with van der Waals surface area (Å²) in [5, 5.41) is 0. The Morgan fingerprint density at radius 1 is 1.29 bits per heavy atom. The Hall–Kier alpha value is -1.10. The standard InChI is InChI=1S/C9H7F4N/c10-5-1-4-3-9(12,13)8(14)7(4)6(11)2-5/h1-2,8H,3,14H2. The SMILES string of the molecule is NC1c2c(F)cc(F)cc2CC1(F)F. The fourth-order valence-electron chi connectivity index (χ4n) is 1.71. The van der Waals surface area contributed by atoms with Gasteiger partial charge in [-0.15, -0.1) is 0 Å². The number of rotatable bonds is 0. The van der Waals surface area contributed by atoms with Crippen LogP contribution in [0, 0.1) is 11.6 Å². The first kappa shape index (κ1) is 9.45. The lowest BCUT2D eigenvalue weighted by Crippen LogP contribution is -2.29. The van der Waals surface area contributed by atoms with Crippen LogP contribution in [0.2, 0.25) is 0 Å². The lowest BCUT2D eigenvalue weighted by atomic mass is 10.1. The maximum absolute atomic E-state index is 13.1. The van der Waals surface area contributed by atoms with E-state index < -0.39 is 30.0 Å². The molecule has 1 unspecified atom stereocenters. The van der Waals surface area contributed by atoms with E-state index in [4.69, 9.17) is 5.73 Å². The highest BCUT2D eigenvalue weighted by molar-refractivity contribution is 5.39. The van der Waals surface area contributed by atoms with E-state index in [0.29, 0.717) is 6.07 Å². The predicted molar refractivity (Wildman–Crippen MR) is 41.9 cm³/mol. The number of nitrogens with two attached hydrogens (primary N) is 1. The second kappa shape index (κ2) is 2.70. The first-order valence-electron chi connectivity index (χ1n) is 4.03. The van der Waals surface area contributed by atoms with Crippen molar-refractivity contribution in [3.8, 4) is 0 Å². The van der Waals surface area contributed by atoms with Crippen molar-refractivity contribution < 1.29 is 17.6 Å². The average Bonchev–Trinajstić information content (AvgIpc) is 2.21. The zero-order valence-corrected chi connectivity index (χ0v) is 7.03.